The molecule has 1 amide bonds. The summed E-state index contributed by atoms with van der Waals surface area (Å²) in [4.78, 5) is 13.8. The molecule has 0 bridgehead atoms. The van der Waals surface area contributed by atoms with Gasteiger partial charge in [-0.2, -0.15) is 0 Å². The lowest BCUT2D eigenvalue weighted by Gasteiger charge is -2.33. The second-order valence-corrected chi connectivity index (χ2v) is 5.02. The Hall–Kier alpha value is -0.610. The van der Waals surface area contributed by atoms with Gasteiger partial charge in [0.15, 0.2) is 0 Å². The van der Waals surface area contributed by atoms with Gasteiger partial charge in [0.2, 0.25) is 5.91 Å². The van der Waals surface area contributed by atoms with E-state index in [1.165, 1.54) is 25.8 Å². The number of piperidine rings is 1. The molecule has 4 heteroatoms. The topological polar surface area (TPSA) is 44.4 Å². The maximum Gasteiger partial charge on any atom is 0.236 e. The molecule has 2 atom stereocenters. The number of amides is 1. The summed E-state index contributed by atoms with van der Waals surface area (Å²) in [7, 11) is 1.68. The Labute approximate surface area is 105 Å². The number of nitrogens with zero attached hydrogens (tertiary/aromatic N) is 1. The Bertz CT molecular complexity index is 233. The van der Waals surface area contributed by atoms with E-state index in [0.717, 1.165) is 25.6 Å². The first kappa shape index (κ1) is 14.5. The lowest BCUT2D eigenvalue weighted by Crippen LogP contribution is -2.42. The van der Waals surface area contributed by atoms with Gasteiger partial charge in [0.05, 0.1) is 6.04 Å². The molecule has 1 fully saturated rings. The van der Waals surface area contributed by atoms with Crippen LogP contribution >= 0.6 is 0 Å². The molecule has 4 nitrogen and oxygen atoms in total. The predicted octanol–water partition coefficient (Wildman–Crippen LogP) is 0.975. The van der Waals surface area contributed by atoms with Gasteiger partial charge in [0, 0.05) is 13.1 Å². The largest absolute Gasteiger partial charge is 0.358 e. The quantitative estimate of drug-likeness (QED) is 0.681. The molecule has 0 aromatic rings. The fraction of sp³-hybridized carbons (Fsp3) is 0.923. The zero-order valence-electron chi connectivity index (χ0n) is 11.5. The molecule has 1 aliphatic rings. The average molecular weight is 241 g/mol. The highest BCUT2D eigenvalue weighted by Crippen LogP contribution is 2.15. The molecule has 0 aromatic heterocycles. The molecule has 2 unspecified atom stereocenters. The molecule has 0 saturated carbocycles. The summed E-state index contributed by atoms with van der Waals surface area (Å²) >= 11 is 0. The van der Waals surface area contributed by atoms with E-state index in [1.807, 2.05) is 6.92 Å². The van der Waals surface area contributed by atoms with Crippen LogP contribution in [-0.2, 0) is 4.79 Å². The summed E-state index contributed by atoms with van der Waals surface area (Å²) < 4.78 is 0. The Balaban J connectivity index is 2.09. The molecule has 0 radical (unpaired) electrons. The van der Waals surface area contributed by atoms with E-state index < -0.39 is 0 Å². The first-order chi connectivity index (χ1) is 8.15. The van der Waals surface area contributed by atoms with Gasteiger partial charge in [0.1, 0.15) is 0 Å². The van der Waals surface area contributed by atoms with Gasteiger partial charge in [-0.25, -0.2) is 0 Å². The summed E-state index contributed by atoms with van der Waals surface area (Å²) in [5.41, 5.74) is 0. The minimum absolute atomic E-state index is 0.0661. The third-order valence-electron chi connectivity index (χ3n) is 3.65. The Morgan fingerprint density at radius 2 is 2.24 bits per heavy atom. The summed E-state index contributed by atoms with van der Waals surface area (Å²) in [6.07, 6.45) is 5.17. The van der Waals surface area contributed by atoms with Gasteiger partial charge >= 0.3 is 0 Å². The lowest BCUT2D eigenvalue weighted by atomic mass is 10.0. The first-order valence-corrected chi connectivity index (χ1v) is 6.84. The molecule has 2 N–H and O–H groups in total. The third-order valence-corrected chi connectivity index (χ3v) is 3.65. The van der Waals surface area contributed by atoms with Crippen LogP contribution in [-0.4, -0.2) is 49.6 Å². The predicted molar refractivity (Wildman–Crippen MR) is 71.0 cm³/mol. The van der Waals surface area contributed by atoms with Crippen LogP contribution in [0.1, 0.15) is 39.5 Å². The van der Waals surface area contributed by atoms with E-state index in [1.54, 1.807) is 7.05 Å². The number of nitrogens with one attached hydrogen (secondary N) is 2. The van der Waals surface area contributed by atoms with Crippen molar-refractivity contribution in [3.8, 4) is 0 Å². The lowest BCUT2D eigenvalue weighted by molar-refractivity contribution is -0.122. The summed E-state index contributed by atoms with van der Waals surface area (Å²) in [6, 6.07) is 0.652. The van der Waals surface area contributed by atoms with Crippen LogP contribution in [0.4, 0.5) is 0 Å². The first-order valence-electron chi connectivity index (χ1n) is 6.84. The molecule has 1 heterocycles. The maximum absolute atomic E-state index is 11.3. The van der Waals surface area contributed by atoms with Crippen molar-refractivity contribution >= 4 is 5.91 Å². The van der Waals surface area contributed by atoms with Gasteiger partial charge in [-0.05, 0) is 52.7 Å². The van der Waals surface area contributed by atoms with Crippen LogP contribution < -0.4 is 10.6 Å². The summed E-state index contributed by atoms with van der Waals surface area (Å²) in [5, 5.41) is 5.90. The fourth-order valence-corrected chi connectivity index (χ4v) is 2.40. The molecule has 0 aliphatic carbocycles. The third kappa shape index (κ3) is 5.04. The number of carbonyl (C=O) groups is 1. The molecule has 1 rings (SSSR count). The molecular weight excluding hydrogens is 214 g/mol. The van der Waals surface area contributed by atoms with Crippen molar-refractivity contribution < 1.29 is 4.79 Å². The van der Waals surface area contributed by atoms with Crippen LogP contribution in [0.5, 0.6) is 0 Å². The molecule has 1 saturated heterocycles. The van der Waals surface area contributed by atoms with Crippen molar-refractivity contribution in [2.45, 2.75) is 51.6 Å². The van der Waals surface area contributed by atoms with Crippen molar-refractivity contribution in [2.75, 3.05) is 26.7 Å². The van der Waals surface area contributed by atoms with Crippen LogP contribution in [0.3, 0.4) is 0 Å². The molecule has 17 heavy (non-hydrogen) atoms. The van der Waals surface area contributed by atoms with E-state index in [9.17, 15) is 4.79 Å². The van der Waals surface area contributed by atoms with Gasteiger partial charge in [0.25, 0.3) is 0 Å². The molecular formula is C13H27N3O. The van der Waals surface area contributed by atoms with E-state index in [2.05, 4.69) is 22.5 Å². The Kier molecular flexibility index (Phi) is 6.52. The second kappa shape index (κ2) is 7.67. The minimum atomic E-state index is -0.0845. The van der Waals surface area contributed by atoms with E-state index in [0.29, 0.717) is 0 Å². The second-order valence-electron chi connectivity index (χ2n) is 5.02. The van der Waals surface area contributed by atoms with E-state index in [4.69, 9.17) is 0 Å². The van der Waals surface area contributed by atoms with Crippen LogP contribution in [0, 0.1) is 0 Å². The van der Waals surface area contributed by atoms with Gasteiger partial charge in [-0.3, -0.25) is 4.79 Å². The highest BCUT2D eigenvalue weighted by Gasteiger charge is 2.17. The fourth-order valence-electron chi connectivity index (χ4n) is 2.40. The molecule has 0 spiro atoms. The number of likely N-dealkylation sites (N-methyl/N-ethyl adjacent to an activating group) is 1. The van der Waals surface area contributed by atoms with Gasteiger partial charge in [-0.1, -0.05) is 6.42 Å². The normalized spacial score (nSPS) is 23.4. The average Bonchev–Trinajstić information content (AvgIpc) is 2.35. The molecule has 100 valence electrons. The monoisotopic (exact) mass is 241 g/mol. The maximum atomic E-state index is 11.3. The van der Waals surface area contributed by atoms with Crippen LogP contribution in [0.2, 0.25) is 0 Å². The summed E-state index contributed by atoms with van der Waals surface area (Å²) in [6.45, 7) is 7.53. The zero-order chi connectivity index (χ0) is 12.7. The SMILES string of the molecule is CNC(=O)C(C)NCCCN1CCCCC1C. The zero-order valence-corrected chi connectivity index (χ0v) is 11.5. The van der Waals surface area contributed by atoms with Crippen molar-refractivity contribution in [1.82, 2.24) is 15.5 Å². The summed E-state index contributed by atoms with van der Waals surface area (Å²) in [5.74, 6) is 0.0661. The van der Waals surface area contributed by atoms with Crippen molar-refractivity contribution in [1.29, 1.82) is 0 Å². The highest BCUT2D eigenvalue weighted by atomic mass is 16.2. The Morgan fingerprint density at radius 3 is 2.88 bits per heavy atom. The van der Waals surface area contributed by atoms with Gasteiger partial charge in [-0.15, -0.1) is 0 Å². The number of carbonyl (C=O) groups excluding carboxylic acids is 1. The van der Waals surface area contributed by atoms with E-state index in [-0.39, 0.29) is 11.9 Å². The molecule has 1 aliphatic heterocycles. The van der Waals surface area contributed by atoms with Crippen molar-refractivity contribution in [3.63, 3.8) is 0 Å². The number of likely N-dealkylation sites (tertiary alicyclic amines) is 1. The number of hydrogen-bond donors (Lipinski definition) is 2. The van der Waals surface area contributed by atoms with Crippen LogP contribution in [0.15, 0.2) is 0 Å². The number of rotatable bonds is 6. The van der Waals surface area contributed by atoms with Crippen molar-refractivity contribution in [3.05, 3.63) is 0 Å². The minimum Gasteiger partial charge on any atom is -0.358 e. The van der Waals surface area contributed by atoms with E-state index >= 15 is 0 Å². The Morgan fingerprint density at radius 1 is 1.47 bits per heavy atom. The molecule has 0 aromatic carbocycles. The number of hydrogen-bond acceptors (Lipinski definition) is 3. The standard InChI is InChI=1S/C13H27N3O/c1-11-7-4-5-9-16(11)10-6-8-15-12(2)13(17)14-3/h11-12,15H,4-10H2,1-3H3,(H,14,17). The van der Waals surface area contributed by atoms with Gasteiger partial charge < -0.3 is 15.5 Å². The highest BCUT2D eigenvalue weighted by molar-refractivity contribution is 5.80. The van der Waals surface area contributed by atoms with Crippen LogP contribution in [0.25, 0.3) is 0 Å². The smallest absolute Gasteiger partial charge is 0.236 e. The van der Waals surface area contributed by atoms with Crippen molar-refractivity contribution in [2.24, 2.45) is 0 Å².